The van der Waals surface area contributed by atoms with Gasteiger partial charge >= 0.3 is 0 Å². The van der Waals surface area contributed by atoms with E-state index in [9.17, 15) is 9.90 Å². The van der Waals surface area contributed by atoms with Crippen LogP contribution in [-0.4, -0.2) is 29.1 Å². The van der Waals surface area contributed by atoms with E-state index in [1.807, 2.05) is 12.1 Å². The van der Waals surface area contributed by atoms with Gasteiger partial charge in [-0.2, -0.15) is 0 Å². The Hall–Kier alpha value is -2.55. The predicted octanol–water partition coefficient (Wildman–Crippen LogP) is 2.24. The van der Waals surface area contributed by atoms with Crippen molar-refractivity contribution >= 4 is 23.3 Å². The van der Waals surface area contributed by atoms with E-state index >= 15 is 0 Å². The molecule has 5 nitrogen and oxygen atoms in total. The number of aliphatic hydroxyl groups is 1. The number of hydrogen-bond donors (Lipinski definition) is 3. The van der Waals surface area contributed by atoms with Crippen molar-refractivity contribution in [3.63, 3.8) is 0 Å². The molecular weight excluding hydrogens is 314 g/mol. The van der Waals surface area contributed by atoms with E-state index < -0.39 is 0 Å². The van der Waals surface area contributed by atoms with Gasteiger partial charge in [-0.05, 0) is 29.8 Å². The van der Waals surface area contributed by atoms with Crippen LogP contribution in [0.15, 0.2) is 42.6 Å². The van der Waals surface area contributed by atoms with Crippen molar-refractivity contribution in [3.05, 3.63) is 58.7 Å². The average molecular weight is 330 g/mol. The van der Waals surface area contributed by atoms with Gasteiger partial charge < -0.3 is 15.7 Å². The number of amides is 1. The van der Waals surface area contributed by atoms with Crippen molar-refractivity contribution in [3.8, 4) is 12.3 Å². The number of carbonyl (C=O) groups excluding carboxylic acids is 1. The molecule has 2 rings (SSSR count). The van der Waals surface area contributed by atoms with Crippen molar-refractivity contribution in [1.82, 2.24) is 10.3 Å². The van der Waals surface area contributed by atoms with E-state index in [4.69, 9.17) is 18.0 Å². The van der Waals surface area contributed by atoms with E-state index in [-0.39, 0.29) is 25.1 Å². The van der Waals surface area contributed by atoms with Crippen molar-refractivity contribution in [2.45, 2.75) is 6.04 Å². The van der Waals surface area contributed by atoms with E-state index in [1.165, 1.54) is 6.20 Å². The minimum atomic E-state index is -0.319. The summed E-state index contributed by atoms with van der Waals surface area (Å²) in [6.07, 6.45) is 6.54. The van der Waals surface area contributed by atoms with E-state index in [0.29, 0.717) is 16.4 Å². The van der Waals surface area contributed by atoms with Gasteiger partial charge in [-0.1, -0.05) is 29.7 Å². The van der Waals surface area contributed by atoms with Crippen molar-refractivity contribution in [2.75, 3.05) is 18.5 Å². The first kappa shape index (κ1) is 16.8. The van der Waals surface area contributed by atoms with Gasteiger partial charge in [-0.15, -0.1) is 6.42 Å². The Balaban J connectivity index is 2.05. The van der Waals surface area contributed by atoms with Gasteiger partial charge in [0, 0.05) is 11.2 Å². The van der Waals surface area contributed by atoms with Gasteiger partial charge in [-0.3, -0.25) is 4.79 Å². The van der Waals surface area contributed by atoms with Crippen LogP contribution in [0.4, 0.5) is 5.82 Å². The highest BCUT2D eigenvalue weighted by molar-refractivity contribution is 6.30. The molecule has 1 unspecified atom stereocenters. The molecule has 0 bridgehead atoms. The fourth-order valence-corrected chi connectivity index (χ4v) is 2.08. The lowest BCUT2D eigenvalue weighted by Crippen LogP contribution is -2.23. The zero-order chi connectivity index (χ0) is 16.7. The number of benzene rings is 1. The third-order valence-electron chi connectivity index (χ3n) is 3.15. The van der Waals surface area contributed by atoms with Crippen LogP contribution < -0.4 is 10.6 Å². The molecule has 0 saturated heterocycles. The van der Waals surface area contributed by atoms with Crippen LogP contribution in [0.25, 0.3) is 0 Å². The smallest absolute Gasteiger partial charge is 0.253 e. The number of hydrogen-bond acceptors (Lipinski definition) is 4. The van der Waals surface area contributed by atoms with E-state index in [1.54, 1.807) is 24.3 Å². The maximum absolute atomic E-state index is 11.7. The second-order valence-corrected chi connectivity index (χ2v) is 5.19. The minimum absolute atomic E-state index is 0.103. The summed E-state index contributed by atoms with van der Waals surface area (Å²) in [5.74, 6) is 2.60. The molecule has 118 valence electrons. The molecule has 2 aromatic rings. The molecule has 1 amide bonds. The van der Waals surface area contributed by atoms with E-state index in [0.717, 1.165) is 5.56 Å². The summed E-state index contributed by atoms with van der Waals surface area (Å²) < 4.78 is 0. The molecule has 0 radical (unpaired) electrons. The predicted molar refractivity (Wildman–Crippen MR) is 90.3 cm³/mol. The standard InChI is InChI=1S/C17H16ClN3O2/c1-2-9-19-17(23)13-5-8-16(20-10-13)21-15(11-22)12-3-6-14(18)7-4-12/h1,3-8,10,15,22H,9,11H2,(H,19,23)(H,20,21). The fraction of sp³-hybridized carbons (Fsp3) is 0.176. The summed E-state index contributed by atoms with van der Waals surface area (Å²) in [5.41, 5.74) is 1.30. The SMILES string of the molecule is C#CCNC(=O)c1ccc(NC(CO)c2ccc(Cl)cc2)nc1. The van der Waals surface area contributed by atoms with Crippen LogP contribution in [0, 0.1) is 12.3 Å². The Morgan fingerprint density at radius 3 is 2.61 bits per heavy atom. The zero-order valence-electron chi connectivity index (χ0n) is 12.3. The molecule has 6 heteroatoms. The normalized spacial score (nSPS) is 11.3. The first-order valence-corrected chi connectivity index (χ1v) is 7.32. The first-order valence-electron chi connectivity index (χ1n) is 6.94. The average Bonchev–Trinajstić information content (AvgIpc) is 2.59. The van der Waals surface area contributed by atoms with E-state index in [2.05, 4.69) is 21.5 Å². The van der Waals surface area contributed by atoms with Crippen LogP contribution in [0.1, 0.15) is 22.0 Å². The van der Waals surface area contributed by atoms with Gasteiger partial charge in [0.25, 0.3) is 5.91 Å². The maximum atomic E-state index is 11.7. The molecule has 3 N–H and O–H groups in total. The molecule has 0 aliphatic carbocycles. The first-order chi connectivity index (χ1) is 11.1. The van der Waals surface area contributed by atoms with Gasteiger partial charge in [0.15, 0.2) is 0 Å². The molecule has 1 aromatic carbocycles. The van der Waals surface area contributed by atoms with Crippen LogP contribution >= 0.6 is 11.6 Å². The topological polar surface area (TPSA) is 74.2 Å². The molecule has 1 atom stereocenters. The quantitative estimate of drug-likeness (QED) is 0.711. The summed E-state index contributed by atoms with van der Waals surface area (Å²) in [7, 11) is 0. The van der Waals surface area contributed by atoms with Crippen LogP contribution in [0.5, 0.6) is 0 Å². The lowest BCUT2D eigenvalue weighted by Gasteiger charge is -2.17. The number of rotatable bonds is 6. The molecule has 1 heterocycles. The number of aliphatic hydroxyl groups excluding tert-OH is 1. The Bertz CT molecular complexity index is 693. The molecule has 0 fully saturated rings. The van der Waals surface area contributed by atoms with Gasteiger partial charge in [-0.25, -0.2) is 4.98 Å². The molecule has 0 saturated carbocycles. The minimum Gasteiger partial charge on any atom is -0.394 e. The summed E-state index contributed by atoms with van der Waals surface area (Å²) in [6, 6.07) is 10.2. The van der Waals surface area contributed by atoms with Gasteiger partial charge in [0.1, 0.15) is 5.82 Å². The molecule has 1 aromatic heterocycles. The number of nitrogens with one attached hydrogen (secondary N) is 2. The Morgan fingerprint density at radius 1 is 1.30 bits per heavy atom. The third kappa shape index (κ3) is 4.71. The zero-order valence-corrected chi connectivity index (χ0v) is 13.0. The number of pyridine rings is 1. The number of terminal acetylenes is 1. The van der Waals surface area contributed by atoms with Crippen molar-refractivity contribution in [2.24, 2.45) is 0 Å². The van der Waals surface area contributed by atoms with Crippen molar-refractivity contribution < 1.29 is 9.90 Å². The monoisotopic (exact) mass is 329 g/mol. The number of halogens is 1. The second-order valence-electron chi connectivity index (χ2n) is 4.75. The van der Waals surface area contributed by atoms with Crippen LogP contribution in [-0.2, 0) is 0 Å². The fourth-order valence-electron chi connectivity index (χ4n) is 1.95. The number of anilines is 1. The lowest BCUT2D eigenvalue weighted by molar-refractivity contribution is 0.0958. The maximum Gasteiger partial charge on any atom is 0.253 e. The van der Waals surface area contributed by atoms with Gasteiger partial charge in [0.2, 0.25) is 0 Å². The molecular formula is C17H16ClN3O2. The molecule has 0 aliphatic rings. The number of carbonyl (C=O) groups is 1. The molecule has 0 spiro atoms. The number of aromatic nitrogens is 1. The largest absolute Gasteiger partial charge is 0.394 e. The summed E-state index contributed by atoms with van der Waals surface area (Å²) in [4.78, 5) is 15.9. The van der Waals surface area contributed by atoms with Crippen molar-refractivity contribution in [1.29, 1.82) is 0 Å². The number of nitrogens with zero attached hydrogens (tertiary/aromatic N) is 1. The van der Waals surface area contributed by atoms with Gasteiger partial charge in [0.05, 0.1) is 24.8 Å². The second kappa shape index (κ2) is 8.18. The Labute approximate surface area is 139 Å². The molecule has 23 heavy (non-hydrogen) atoms. The molecule has 0 aliphatic heterocycles. The summed E-state index contributed by atoms with van der Waals surface area (Å²) in [6.45, 7) is 0.0652. The highest BCUT2D eigenvalue weighted by atomic mass is 35.5. The lowest BCUT2D eigenvalue weighted by atomic mass is 10.1. The Morgan fingerprint density at radius 2 is 2.04 bits per heavy atom. The highest BCUT2D eigenvalue weighted by Crippen LogP contribution is 2.20. The Kier molecular flexibility index (Phi) is 5.98. The van der Waals surface area contributed by atoms with Crippen LogP contribution in [0.2, 0.25) is 5.02 Å². The highest BCUT2D eigenvalue weighted by Gasteiger charge is 2.11. The third-order valence-corrected chi connectivity index (χ3v) is 3.41. The van der Waals surface area contributed by atoms with Crippen LogP contribution in [0.3, 0.4) is 0 Å². The summed E-state index contributed by atoms with van der Waals surface area (Å²) >= 11 is 5.86. The summed E-state index contributed by atoms with van der Waals surface area (Å²) in [5, 5.41) is 15.8.